The second-order valence-corrected chi connectivity index (χ2v) is 6.83. The van der Waals surface area contributed by atoms with E-state index in [0.29, 0.717) is 30.2 Å². The van der Waals surface area contributed by atoms with Crippen LogP contribution >= 0.6 is 0 Å². The molecule has 8 nitrogen and oxygen atoms in total. The predicted molar refractivity (Wildman–Crippen MR) is 107 cm³/mol. The van der Waals surface area contributed by atoms with Crippen molar-refractivity contribution < 1.29 is 9.59 Å². The molecule has 0 bridgehead atoms. The van der Waals surface area contributed by atoms with E-state index >= 15 is 0 Å². The van der Waals surface area contributed by atoms with E-state index in [9.17, 15) is 9.59 Å². The third kappa shape index (κ3) is 3.90. The molecule has 0 fully saturated rings. The summed E-state index contributed by atoms with van der Waals surface area (Å²) in [4.78, 5) is 31.0. The predicted octanol–water partition coefficient (Wildman–Crippen LogP) is 2.45. The number of hydrogen-bond donors (Lipinski definition) is 3. The Kier molecular flexibility index (Phi) is 5.49. The van der Waals surface area contributed by atoms with E-state index in [2.05, 4.69) is 10.3 Å². The van der Waals surface area contributed by atoms with E-state index in [1.54, 1.807) is 35.2 Å². The van der Waals surface area contributed by atoms with Crippen molar-refractivity contribution in [2.45, 2.75) is 33.0 Å². The van der Waals surface area contributed by atoms with Gasteiger partial charge in [0.1, 0.15) is 11.5 Å². The van der Waals surface area contributed by atoms with Gasteiger partial charge < -0.3 is 15.1 Å². The first kappa shape index (κ1) is 19.2. The lowest BCUT2D eigenvalue weighted by Gasteiger charge is -2.23. The molecule has 0 spiro atoms. The number of hydrogen-bond acceptors (Lipinski definition) is 5. The van der Waals surface area contributed by atoms with Crippen molar-refractivity contribution in [3.63, 3.8) is 0 Å². The molecule has 2 amide bonds. The molecular weight excluding hydrogens is 356 g/mol. The summed E-state index contributed by atoms with van der Waals surface area (Å²) < 4.78 is 0. The molecule has 144 valence electrons. The topological polar surface area (TPSA) is 113 Å². The zero-order valence-corrected chi connectivity index (χ0v) is 15.8. The van der Waals surface area contributed by atoms with Crippen LogP contribution in [-0.2, 0) is 17.9 Å². The van der Waals surface area contributed by atoms with Gasteiger partial charge in [-0.1, -0.05) is 12.1 Å². The largest absolute Gasteiger partial charge is 0.337 e. The molecule has 0 saturated carbocycles. The fourth-order valence-corrected chi connectivity index (χ4v) is 3.07. The van der Waals surface area contributed by atoms with E-state index in [4.69, 9.17) is 10.8 Å². The van der Waals surface area contributed by atoms with Crippen LogP contribution in [0.4, 0.5) is 5.82 Å². The maximum Gasteiger partial charge on any atom is 0.256 e. The molecule has 1 aliphatic rings. The highest BCUT2D eigenvalue weighted by atomic mass is 16.1. The van der Waals surface area contributed by atoms with Crippen LogP contribution in [0.2, 0.25) is 0 Å². The lowest BCUT2D eigenvalue weighted by atomic mass is 10.1. The Morgan fingerprint density at radius 1 is 1.25 bits per heavy atom. The molecule has 0 radical (unpaired) electrons. The lowest BCUT2D eigenvalue weighted by Crippen LogP contribution is -2.36. The first-order valence-electron chi connectivity index (χ1n) is 8.90. The summed E-state index contributed by atoms with van der Waals surface area (Å²) in [6, 6.07) is 10.3. The van der Waals surface area contributed by atoms with Crippen molar-refractivity contribution in [3.05, 3.63) is 58.8 Å². The van der Waals surface area contributed by atoms with Gasteiger partial charge in [0.05, 0.1) is 6.34 Å². The number of carbonyl (C=O) groups excluding carboxylic acids is 2. The summed E-state index contributed by atoms with van der Waals surface area (Å²) in [5.41, 5.74) is 2.85. The van der Waals surface area contributed by atoms with Gasteiger partial charge in [0, 0.05) is 24.7 Å². The van der Waals surface area contributed by atoms with Crippen LogP contribution in [0.5, 0.6) is 0 Å². The van der Waals surface area contributed by atoms with Crippen LogP contribution in [0.1, 0.15) is 41.0 Å². The highest BCUT2D eigenvalue weighted by Crippen LogP contribution is 2.23. The fourth-order valence-electron chi connectivity index (χ4n) is 3.07. The van der Waals surface area contributed by atoms with Crippen molar-refractivity contribution in [2.75, 3.05) is 5.32 Å². The third-order valence-corrected chi connectivity index (χ3v) is 4.55. The average Bonchev–Trinajstić information content (AvgIpc) is 3.10. The number of nitrogens with one attached hydrogen (secondary N) is 3. The number of amidine groups is 1. The monoisotopic (exact) mass is 378 g/mol. The number of aromatic nitrogens is 1. The van der Waals surface area contributed by atoms with Crippen LogP contribution in [0.15, 0.2) is 36.4 Å². The van der Waals surface area contributed by atoms with E-state index in [0.717, 1.165) is 23.9 Å². The molecule has 2 aromatic rings. The van der Waals surface area contributed by atoms with Gasteiger partial charge in [-0.15, -0.1) is 0 Å². The molecule has 3 N–H and O–H groups in total. The molecule has 1 aliphatic heterocycles. The molecule has 3 rings (SSSR count). The molecular formula is C20H22N6O2. The molecule has 2 heterocycles. The number of carbonyl (C=O) groups is 2. The zero-order chi connectivity index (χ0) is 20.3. The average molecular weight is 378 g/mol. The number of fused-ring (bicyclic) bond motifs is 1. The van der Waals surface area contributed by atoms with Crippen molar-refractivity contribution >= 4 is 30.3 Å². The van der Waals surface area contributed by atoms with Crippen molar-refractivity contribution in [2.24, 2.45) is 0 Å². The van der Waals surface area contributed by atoms with Crippen molar-refractivity contribution in [3.8, 4) is 0 Å². The van der Waals surface area contributed by atoms with Gasteiger partial charge in [0.2, 0.25) is 6.41 Å². The van der Waals surface area contributed by atoms with Gasteiger partial charge in [0.15, 0.2) is 5.84 Å². The minimum atomic E-state index is -0.309. The highest BCUT2D eigenvalue weighted by molar-refractivity contribution is 6.05. The fraction of sp³-hybridized carbons (Fsp3) is 0.250. The number of pyridine rings is 1. The maximum atomic E-state index is 12.6. The Balaban J connectivity index is 1.76. The molecule has 0 atom stereocenters. The van der Waals surface area contributed by atoms with Crippen molar-refractivity contribution in [1.29, 1.82) is 10.8 Å². The number of amides is 2. The van der Waals surface area contributed by atoms with Gasteiger partial charge in [-0.05, 0) is 49.2 Å². The SMILES string of the molecule is CC(C)N(C=N)C(=N)c1cccc(NC(=O)c2ccc3c(c2)CN(C=O)C3)n1. The normalized spacial score (nSPS) is 12.5. The van der Waals surface area contributed by atoms with Crippen LogP contribution in [0.3, 0.4) is 0 Å². The van der Waals surface area contributed by atoms with Gasteiger partial charge in [-0.2, -0.15) is 0 Å². The van der Waals surface area contributed by atoms with Gasteiger partial charge in [0.25, 0.3) is 5.91 Å². The maximum absolute atomic E-state index is 12.6. The molecule has 28 heavy (non-hydrogen) atoms. The summed E-state index contributed by atoms with van der Waals surface area (Å²) in [6.07, 6.45) is 1.89. The lowest BCUT2D eigenvalue weighted by molar-refractivity contribution is -0.118. The first-order chi connectivity index (χ1) is 13.4. The third-order valence-electron chi connectivity index (χ3n) is 4.55. The molecule has 0 unspecified atom stereocenters. The highest BCUT2D eigenvalue weighted by Gasteiger charge is 2.19. The smallest absolute Gasteiger partial charge is 0.256 e. The molecule has 0 aliphatic carbocycles. The van der Waals surface area contributed by atoms with E-state index in [-0.39, 0.29) is 17.8 Å². The summed E-state index contributed by atoms with van der Waals surface area (Å²) >= 11 is 0. The first-order valence-corrected chi connectivity index (χ1v) is 8.90. The van der Waals surface area contributed by atoms with Crippen molar-refractivity contribution in [1.82, 2.24) is 14.8 Å². The standard InChI is InChI=1S/C20H22N6O2/c1-13(2)26(11-21)19(22)17-4-3-5-18(23-17)24-20(28)14-6-7-15-9-25(12-27)10-16(15)8-14/h3-8,11-13,21-22H,9-10H2,1-2H3,(H,23,24,28). The Hall–Kier alpha value is -3.55. The Labute approximate surface area is 163 Å². The minimum absolute atomic E-state index is 0.0533. The molecule has 1 aromatic heterocycles. The number of anilines is 1. The van der Waals surface area contributed by atoms with E-state index in [1.165, 1.54) is 4.90 Å². The van der Waals surface area contributed by atoms with E-state index < -0.39 is 0 Å². The molecule has 1 aromatic carbocycles. The Morgan fingerprint density at radius 2 is 2.00 bits per heavy atom. The number of rotatable bonds is 6. The van der Waals surface area contributed by atoms with Crippen LogP contribution in [-0.4, -0.2) is 45.3 Å². The number of benzene rings is 1. The quantitative estimate of drug-likeness (QED) is 0.407. The number of nitrogens with zero attached hydrogens (tertiary/aromatic N) is 3. The summed E-state index contributed by atoms with van der Waals surface area (Å²) in [7, 11) is 0. The van der Waals surface area contributed by atoms with E-state index in [1.807, 2.05) is 19.9 Å². The van der Waals surface area contributed by atoms with Crippen LogP contribution in [0, 0.1) is 10.8 Å². The molecule has 0 saturated heterocycles. The summed E-state index contributed by atoms with van der Waals surface area (Å²) in [6.45, 7) is 4.82. The zero-order valence-electron chi connectivity index (χ0n) is 15.8. The Bertz CT molecular complexity index is 940. The van der Waals surface area contributed by atoms with Crippen LogP contribution in [0.25, 0.3) is 0 Å². The second-order valence-electron chi connectivity index (χ2n) is 6.83. The van der Waals surface area contributed by atoms with Gasteiger partial charge in [-0.3, -0.25) is 20.4 Å². The van der Waals surface area contributed by atoms with Gasteiger partial charge in [-0.25, -0.2) is 4.98 Å². The molecule has 8 heteroatoms. The Morgan fingerprint density at radius 3 is 2.68 bits per heavy atom. The van der Waals surface area contributed by atoms with Gasteiger partial charge >= 0.3 is 0 Å². The summed E-state index contributed by atoms with van der Waals surface area (Å²) in [5, 5.41) is 18.5. The minimum Gasteiger partial charge on any atom is -0.337 e. The summed E-state index contributed by atoms with van der Waals surface area (Å²) in [5.74, 6) is 0.111. The van der Waals surface area contributed by atoms with Crippen LogP contribution < -0.4 is 5.32 Å². The second kappa shape index (κ2) is 7.99.